The molecule has 0 radical (unpaired) electrons. The summed E-state index contributed by atoms with van der Waals surface area (Å²) in [6, 6.07) is 5.84. The lowest BCUT2D eigenvalue weighted by Gasteiger charge is -2.19. The van der Waals surface area contributed by atoms with Gasteiger partial charge in [0.1, 0.15) is 0 Å². The maximum Gasteiger partial charge on any atom is 0.225 e. The maximum absolute atomic E-state index is 12.1. The Labute approximate surface area is 140 Å². The highest BCUT2D eigenvalue weighted by Crippen LogP contribution is 2.14. The summed E-state index contributed by atoms with van der Waals surface area (Å²) in [5.41, 5.74) is 2.92. The van der Waals surface area contributed by atoms with Crippen LogP contribution < -0.4 is 5.32 Å². The number of sulfonamides is 1. The molecule has 0 aliphatic heterocycles. The summed E-state index contributed by atoms with van der Waals surface area (Å²) >= 11 is 0. The highest BCUT2D eigenvalue weighted by molar-refractivity contribution is 7.88. The van der Waals surface area contributed by atoms with E-state index in [0.717, 1.165) is 36.1 Å². The molecule has 1 aromatic carbocycles. The van der Waals surface area contributed by atoms with E-state index in [-0.39, 0.29) is 18.9 Å². The van der Waals surface area contributed by atoms with E-state index in [1.165, 1.54) is 10.6 Å². The number of unbranched alkanes of at least 4 members (excludes halogenated alkanes) is 2. The summed E-state index contributed by atoms with van der Waals surface area (Å²) in [5.74, 6) is -0.167. The molecule has 0 heterocycles. The second-order valence-electron chi connectivity index (χ2n) is 6.04. The Hall–Kier alpha value is -1.40. The average Bonchev–Trinajstić information content (AvgIpc) is 2.40. The third-order valence-corrected chi connectivity index (χ3v) is 4.88. The van der Waals surface area contributed by atoms with E-state index in [0.29, 0.717) is 6.54 Å². The highest BCUT2D eigenvalue weighted by Gasteiger charge is 2.17. The van der Waals surface area contributed by atoms with Crippen LogP contribution in [-0.4, -0.2) is 38.0 Å². The van der Waals surface area contributed by atoms with Gasteiger partial charge in [-0.15, -0.1) is 0 Å². The number of amides is 1. The van der Waals surface area contributed by atoms with E-state index >= 15 is 0 Å². The number of hydrogen-bond acceptors (Lipinski definition) is 3. The number of hydrogen-bond donors (Lipinski definition) is 1. The highest BCUT2D eigenvalue weighted by atomic mass is 32.2. The van der Waals surface area contributed by atoms with Crippen LogP contribution in [0, 0.1) is 13.8 Å². The molecular formula is C17H28N2O3S. The minimum absolute atomic E-state index is 0.159. The minimum Gasteiger partial charge on any atom is -0.326 e. The smallest absolute Gasteiger partial charge is 0.225 e. The van der Waals surface area contributed by atoms with Gasteiger partial charge in [-0.3, -0.25) is 4.79 Å². The van der Waals surface area contributed by atoms with Gasteiger partial charge in [0.25, 0.3) is 0 Å². The van der Waals surface area contributed by atoms with Crippen LogP contribution in [0.5, 0.6) is 0 Å². The molecule has 0 aliphatic carbocycles. The van der Waals surface area contributed by atoms with Crippen molar-refractivity contribution in [2.45, 2.75) is 46.5 Å². The van der Waals surface area contributed by atoms with Crippen molar-refractivity contribution in [2.24, 2.45) is 0 Å². The van der Waals surface area contributed by atoms with E-state index in [9.17, 15) is 13.2 Å². The monoisotopic (exact) mass is 340 g/mol. The molecule has 1 N–H and O–H groups in total. The lowest BCUT2D eigenvalue weighted by Crippen LogP contribution is -2.33. The molecule has 6 heteroatoms. The van der Waals surface area contributed by atoms with E-state index in [4.69, 9.17) is 0 Å². The van der Waals surface area contributed by atoms with Gasteiger partial charge in [0, 0.05) is 25.2 Å². The standard InChI is InChI=1S/C17H28N2O3S/c1-5-6-7-9-19(23(4,21)22)10-8-17(20)18-16-12-14(2)11-15(3)13-16/h11-13H,5-10H2,1-4H3,(H,18,20). The number of nitrogens with one attached hydrogen (secondary N) is 1. The Morgan fingerprint density at radius 1 is 1.09 bits per heavy atom. The number of carbonyl (C=O) groups excluding carboxylic acids is 1. The summed E-state index contributed by atoms with van der Waals surface area (Å²) in [6.07, 6.45) is 4.20. The first kappa shape index (κ1) is 19.6. The molecular weight excluding hydrogens is 312 g/mol. The number of benzene rings is 1. The molecule has 0 spiro atoms. The normalized spacial score (nSPS) is 11.7. The van der Waals surface area contributed by atoms with Crippen molar-refractivity contribution < 1.29 is 13.2 Å². The molecule has 5 nitrogen and oxygen atoms in total. The van der Waals surface area contributed by atoms with Gasteiger partial charge < -0.3 is 5.32 Å². The molecule has 1 amide bonds. The molecule has 23 heavy (non-hydrogen) atoms. The van der Waals surface area contributed by atoms with Gasteiger partial charge in [-0.2, -0.15) is 0 Å². The van der Waals surface area contributed by atoms with Crippen LogP contribution in [0.1, 0.15) is 43.7 Å². The van der Waals surface area contributed by atoms with Gasteiger partial charge >= 0.3 is 0 Å². The molecule has 0 fully saturated rings. The van der Waals surface area contributed by atoms with Crippen molar-refractivity contribution in [3.63, 3.8) is 0 Å². The number of aryl methyl sites for hydroxylation is 2. The van der Waals surface area contributed by atoms with Gasteiger partial charge in [-0.25, -0.2) is 12.7 Å². The van der Waals surface area contributed by atoms with Crippen molar-refractivity contribution in [1.29, 1.82) is 0 Å². The lowest BCUT2D eigenvalue weighted by molar-refractivity contribution is -0.116. The van der Waals surface area contributed by atoms with Gasteiger partial charge in [0.15, 0.2) is 0 Å². The van der Waals surface area contributed by atoms with E-state index in [1.54, 1.807) is 0 Å². The number of rotatable bonds is 9. The molecule has 0 atom stereocenters. The largest absolute Gasteiger partial charge is 0.326 e. The zero-order valence-corrected chi connectivity index (χ0v) is 15.4. The first-order valence-electron chi connectivity index (χ1n) is 8.05. The molecule has 0 aliphatic rings. The number of carbonyl (C=O) groups is 1. The predicted molar refractivity (Wildman–Crippen MR) is 95.1 cm³/mol. The quantitative estimate of drug-likeness (QED) is 0.703. The van der Waals surface area contributed by atoms with Gasteiger partial charge in [-0.05, 0) is 43.5 Å². The molecule has 0 unspecified atom stereocenters. The van der Waals surface area contributed by atoms with Gasteiger partial charge in [0.05, 0.1) is 6.26 Å². The predicted octanol–water partition coefficient (Wildman–Crippen LogP) is 3.08. The molecule has 0 saturated heterocycles. The lowest BCUT2D eigenvalue weighted by atomic mass is 10.1. The fourth-order valence-electron chi connectivity index (χ4n) is 2.48. The van der Waals surface area contributed by atoms with Crippen molar-refractivity contribution in [2.75, 3.05) is 24.7 Å². The molecule has 1 aromatic rings. The third kappa shape index (κ3) is 7.61. The van der Waals surface area contributed by atoms with Crippen LogP contribution in [0.3, 0.4) is 0 Å². The number of anilines is 1. The first-order chi connectivity index (χ1) is 10.7. The zero-order chi connectivity index (χ0) is 17.5. The summed E-state index contributed by atoms with van der Waals surface area (Å²) in [6.45, 7) is 6.72. The average molecular weight is 340 g/mol. The van der Waals surface area contributed by atoms with Crippen molar-refractivity contribution in [3.8, 4) is 0 Å². The van der Waals surface area contributed by atoms with Gasteiger partial charge in [0.2, 0.25) is 15.9 Å². The fourth-order valence-corrected chi connectivity index (χ4v) is 3.36. The Morgan fingerprint density at radius 2 is 1.70 bits per heavy atom. The second kappa shape index (κ2) is 9.03. The fraction of sp³-hybridized carbons (Fsp3) is 0.588. The number of nitrogens with zero attached hydrogens (tertiary/aromatic N) is 1. The summed E-state index contributed by atoms with van der Waals surface area (Å²) in [4.78, 5) is 12.1. The molecule has 130 valence electrons. The van der Waals surface area contributed by atoms with Crippen LogP contribution >= 0.6 is 0 Å². The van der Waals surface area contributed by atoms with Crippen molar-refractivity contribution >= 4 is 21.6 Å². The Bertz CT molecular complexity index is 606. The zero-order valence-electron chi connectivity index (χ0n) is 14.6. The van der Waals surface area contributed by atoms with E-state index in [2.05, 4.69) is 12.2 Å². The molecule has 0 bridgehead atoms. The SMILES string of the molecule is CCCCCN(CCC(=O)Nc1cc(C)cc(C)c1)S(C)(=O)=O. The van der Waals surface area contributed by atoms with E-state index < -0.39 is 10.0 Å². The third-order valence-electron chi connectivity index (χ3n) is 3.57. The Balaban J connectivity index is 2.57. The maximum atomic E-state index is 12.1. The molecule has 0 aromatic heterocycles. The molecule has 1 rings (SSSR count). The Kier molecular flexibility index (Phi) is 7.72. The summed E-state index contributed by atoms with van der Waals surface area (Å²) in [5, 5.41) is 2.84. The minimum atomic E-state index is -3.27. The molecule has 0 saturated carbocycles. The van der Waals surface area contributed by atoms with Crippen LogP contribution in [0.2, 0.25) is 0 Å². The summed E-state index contributed by atoms with van der Waals surface area (Å²) in [7, 11) is -3.27. The van der Waals surface area contributed by atoms with Crippen molar-refractivity contribution in [3.05, 3.63) is 29.3 Å². The van der Waals surface area contributed by atoms with Crippen LogP contribution in [0.15, 0.2) is 18.2 Å². The second-order valence-corrected chi connectivity index (χ2v) is 8.03. The Morgan fingerprint density at radius 3 is 2.22 bits per heavy atom. The first-order valence-corrected chi connectivity index (χ1v) is 9.90. The van der Waals surface area contributed by atoms with Crippen LogP contribution in [-0.2, 0) is 14.8 Å². The van der Waals surface area contributed by atoms with E-state index in [1.807, 2.05) is 32.0 Å². The topological polar surface area (TPSA) is 66.5 Å². The van der Waals surface area contributed by atoms with Crippen molar-refractivity contribution in [1.82, 2.24) is 4.31 Å². The van der Waals surface area contributed by atoms with Gasteiger partial charge in [-0.1, -0.05) is 25.8 Å². The van der Waals surface area contributed by atoms with Crippen LogP contribution in [0.25, 0.3) is 0 Å². The van der Waals surface area contributed by atoms with Crippen LogP contribution in [0.4, 0.5) is 5.69 Å². The summed E-state index contributed by atoms with van der Waals surface area (Å²) < 4.78 is 25.0.